The van der Waals surface area contributed by atoms with E-state index in [0.717, 1.165) is 11.1 Å². The molecule has 0 aliphatic carbocycles. The standard InChI is InChI=1S/C18H20N2O3/c1-18(2,3)23-16(21)12-20-17(22)15-10-9-14(11-19-15)13-7-5-4-6-8-13/h4-11H,12H2,1-3H3,(H,20,22). The number of aromatic nitrogens is 1. The maximum atomic E-state index is 12.0. The number of amides is 1. The van der Waals surface area contributed by atoms with Gasteiger partial charge < -0.3 is 10.1 Å². The van der Waals surface area contributed by atoms with E-state index in [4.69, 9.17) is 4.74 Å². The van der Waals surface area contributed by atoms with Crippen LogP contribution < -0.4 is 5.32 Å². The van der Waals surface area contributed by atoms with Gasteiger partial charge in [0.15, 0.2) is 0 Å². The Morgan fingerprint density at radius 3 is 2.30 bits per heavy atom. The van der Waals surface area contributed by atoms with E-state index in [1.165, 1.54) is 0 Å². The molecule has 1 N–H and O–H groups in total. The maximum absolute atomic E-state index is 12.0. The minimum absolute atomic E-state index is 0.182. The molecule has 1 heterocycles. The predicted molar refractivity (Wildman–Crippen MR) is 87.9 cm³/mol. The number of nitrogens with one attached hydrogen (secondary N) is 1. The Kier molecular flexibility index (Phi) is 5.11. The smallest absolute Gasteiger partial charge is 0.325 e. The van der Waals surface area contributed by atoms with Crippen LogP contribution in [0.3, 0.4) is 0 Å². The highest BCUT2D eigenvalue weighted by atomic mass is 16.6. The van der Waals surface area contributed by atoms with Crippen LogP contribution in [0.25, 0.3) is 11.1 Å². The lowest BCUT2D eigenvalue weighted by atomic mass is 10.1. The molecule has 0 spiro atoms. The Hall–Kier alpha value is -2.69. The molecule has 0 fully saturated rings. The summed E-state index contributed by atoms with van der Waals surface area (Å²) in [5.41, 5.74) is 1.64. The summed E-state index contributed by atoms with van der Waals surface area (Å²) >= 11 is 0. The molecule has 0 atom stereocenters. The lowest BCUT2D eigenvalue weighted by Gasteiger charge is -2.19. The Labute approximate surface area is 135 Å². The number of nitrogens with zero attached hydrogens (tertiary/aromatic N) is 1. The summed E-state index contributed by atoms with van der Waals surface area (Å²) in [6.45, 7) is 5.14. The molecule has 0 saturated carbocycles. The van der Waals surface area contributed by atoms with E-state index in [1.807, 2.05) is 36.4 Å². The predicted octanol–water partition coefficient (Wildman–Crippen LogP) is 2.82. The third-order valence-electron chi connectivity index (χ3n) is 2.92. The molecule has 2 rings (SSSR count). The van der Waals surface area contributed by atoms with Crippen LogP contribution in [0.2, 0.25) is 0 Å². The minimum atomic E-state index is -0.572. The Morgan fingerprint density at radius 1 is 1.04 bits per heavy atom. The van der Waals surface area contributed by atoms with Gasteiger partial charge in [-0.15, -0.1) is 0 Å². The van der Waals surface area contributed by atoms with Crippen LogP contribution in [0, 0.1) is 0 Å². The topological polar surface area (TPSA) is 68.3 Å². The molecule has 0 unspecified atom stereocenters. The van der Waals surface area contributed by atoms with Crippen molar-refractivity contribution in [1.82, 2.24) is 10.3 Å². The summed E-state index contributed by atoms with van der Waals surface area (Å²) in [6, 6.07) is 13.2. The van der Waals surface area contributed by atoms with Crippen molar-refractivity contribution in [3.63, 3.8) is 0 Å². The van der Waals surface area contributed by atoms with E-state index in [2.05, 4.69) is 10.3 Å². The molecule has 0 aliphatic heterocycles. The lowest BCUT2D eigenvalue weighted by molar-refractivity contribution is -0.153. The van der Waals surface area contributed by atoms with Crippen molar-refractivity contribution in [3.8, 4) is 11.1 Å². The monoisotopic (exact) mass is 312 g/mol. The third kappa shape index (κ3) is 5.21. The summed E-state index contributed by atoms with van der Waals surface area (Å²) < 4.78 is 5.13. The molecule has 1 aromatic heterocycles. The van der Waals surface area contributed by atoms with Gasteiger partial charge in [-0.05, 0) is 32.4 Å². The van der Waals surface area contributed by atoms with E-state index in [1.54, 1.807) is 33.0 Å². The van der Waals surface area contributed by atoms with E-state index in [-0.39, 0.29) is 12.2 Å². The Balaban J connectivity index is 1.94. The zero-order chi connectivity index (χ0) is 16.9. The number of hydrogen-bond acceptors (Lipinski definition) is 4. The van der Waals surface area contributed by atoms with Gasteiger partial charge in [-0.2, -0.15) is 0 Å². The van der Waals surface area contributed by atoms with Crippen LogP contribution in [0.4, 0.5) is 0 Å². The molecule has 1 amide bonds. The van der Waals surface area contributed by atoms with E-state index in [9.17, 15) is 9.59 Å². The highest BCUT2D eigenvalue weighted by Crippen LogP contribution is 2.17. The fraction of sp³-hybridized carbons (Fsp3) is 0.278. The Bertz CT molecular complexity index is 674. The second-order valence-electron chi connectivity index (χ2n) is 6.07. The van der Waals surface area contributed by atoms with Gasteiger partial charge in [0.1, 0.15) is 17.8 Å². The molecule has 2 aromatic rings. The van der Waals surface area contributed by atoms with Crippen molar-refractivity contribution in [2.75, 3.05) is 6.54 Å². The van der Waals surface area contributed by atoms with Gasteiger partial charge in [0, 0.05) is 11.8 Å². The SMILES string of the molecule is CC(C)(C)OC(=O)CNC(=O)c1ccc(-c2ccccc2)cn1. The zero-order valence-corrected chi connectivity index (χ0v) is 13.5. The maximum Gasteiger partial charge on any atom is 0.325 e. The highest BCUT2D eigenvalue weighted by molar-refractivity contribution is 5.94. The number of carbonyl (C=O) groups excluding carboxylic acids is 2. The van der Waals surface area contributed by atoms with Crippen molar-refractivity contribution < 1.29 is 14.3 Å². The van der Waals surface area contributed by atoms with Gasteiger partial charge >= 0.3 is 5.97 Å². The van der Waals surface area contributed by atoms with Crippen molar-refractivity contribution in [2.45, 2.75) is 26.4 Å². The van der Waals surface area contributed by atoms with Gasteiger partial charge in [0.2, 0.25) is 0 Å². The van der Waals surface area contributed by atoms with Crippen molar-refractivity contribution in [2.24, 2.45) is 0 Å². The molecule has 120 valence electrons. The van der Waals surface area contributed by atoms with Crippen LogP contribution in [0.5, 0.6) is 0 Å². The highest BCUT2D eigenvalue weighted by Gasteiger charge is 2.17. The fourth-order valence-corrected chi connectivity index (χ4v) is 1.95. The largest absolute Gasteiger partial charge is 0.459 e. The van der Waals surface area contributed by atoms with Gasteiger partial charge in [-0.3, -0.25) is 14.6 Å². The molecule has 0 bridgehead atoms. The van der Waals surface area contributed by atoms with E-state index in [0.29, 0.717) is 0 Å². The molecule has 5 heteroatoms. The van der Waals surface area contributed by atoms with Gasteiger partial charge in [-0.25, -0.2) is 0 Å². The molecule has 0 radical (unpaired) electrons. The number of esters is 1. The molecule has 1 aromatic carbocycles. The molecule has 0 saturated heterocycles. The number of benzene rings is 1. The van der Waals surface area contributed by atoms with Gasteiger partial charge in [0.25, 0.3) is 5.91 Å². The van der Waals surface area contributed by atoms with Crippen molar-refractivity contribution in [1.29, 1.82) is 0 Å². The summed E-state index contributed by atoms with van der Waals surface area (Å²) in [5, 5.41) is 2.50. The normalized spacial score (nSPS) is 10.9. The second-order valence-corrected chi connectivity index (χ2v) is 6.07. The summed E-state index contributed by atoms with van der Waals surface area (Å²) in [5.74, 6) is -0.887. The molecule has 23 heavy (non-hydrogen) atoms. The van der Waals surface area contributed by atoms with Crippen LogP contribution in [-0.4, -0.2) is 29.0 Å². The number of ether oxygens (including phenoxy) is 1. The first-order valence-corrected chi connectivity index (χ1v) is 7.37. The molecular formula is C18H20N2O3. The van der Waals surface area contributed by atoms with Crippen LogP contribution >= 0.6 is 0 Å². The summed E-state index contributed by atoms with van der Waals surface area (Å²) in [6.07, 6.45) is 1.64. The van der Waals surface area contributed by atoms with Crippen molar-refractivity contribution in [3.05, 3.63) is 54.4 Å². The third-order valence-corrected chi connectivity index (χ3v) is 2.92. The first-order valence-electron chi connectivity index (χ1n) is 7.37. The first-order chi connectivity index (χ1) is 10.8. The first kappa shape index (κ1) is 16.7. The minimum Gasteiger partial charge on any atom is -0.459 e. The quantitative estimate of drug-likeness (QED) is 0.882. The van der Waals surface area contributed by atoms with Crippen LogP contribution in [0.15, 0.2) is 48.7 Å². The fourth-order valence-electron chi connectivity index (χ4n) is 1.95. The lowest BCUT2D eigenvalue weighted by Crippen LogP contribution is -2.34. The zero-order valence-electron chi connectivity index (χ0n) is 13.5. The van der Waals surface area contributed by atoms with Crippen LogP contribution in [0.1, 0.15) is 31.3 Å². The average molecular weight is 312 g/mol. The molecule has 0 aliphatic rings. The average Bonchev–Trinajstić information content (AvgIpc) is 2.52. The summed E-state index contributed by atoms with van der Waals surface area (Å²) in [4.78, 5) is 27.7. The van der Waals surface area contributed by atoms with Crippen molar-refractivity contribution >= 4 is 11.9 Å². The number of pyridine rings is 1. The van der Waals surface area contributed by atoms with Crippen LogP contribution in [-0.2, 0) is 9.53 Å². The number of rotatable bonds is 4. The second kappa shape index (κ2) is 7.05. The number of carbonyl (C=O) groups is 2. The van der Waals surface area contributed by atoms with Gasteiger partial charge in [0.05, 0.1) is 0 Å². The van der Waals surface area contributed by atoms with E-state index >= 15 is 0 Å². The van der Waals surface area contributed by atoms with Gasteiger partial charge in [-0.1, -0.05) is 36.4 Å². The van der Waals surface area contributed by atoms with E-state index < -0.39 is 17.5 Å². The molecule has 5 nitrogen and oxygen atoms in total. The Morgan fingerprint density at radius 2 is 1.74 bits per heavy atom. The molecular weight excluding hydrogens is 292 g/mol. The number of hydrogen-bond donors (Lipinski definition) is 1. The summed E-state index contributed by atoms with van der Waals surface area (Å²) in [7, 11) is 0.